The molecular formula is C11H14N4O2S. The third-order valence-corrected chi connectivity index (χ3v) is 3.69. The van der Waals surface area contributed by atoms with Crippen molar-refractivity contribution < 1.29 is 8.42 Å². The van der Waals surface area contributed by atoms with Crippen molar-refractivity contribution in [1.29, 1.82) is 0 Å². The number of nitrogens with one attached hydrogen (secondary N) is 3. The standard InChI is InChI=1S/C11H14N4O2S/c1-12-6-9-3-2-4-10(5-9)15-18(16,17)11-7-13-14-8-11/h2-5,7-8,12,15H,6H2,1H3,(H,13,14). The van der Waals surface area contributed by atoms with Gasteiger partial charge in [-0.1, -0.05) is 12.1 Å². The molecule has 0 atom stereocenters. The fourth-order valence-electron chi connectivity index (χ4n) is 1.55. The molecule has 0 bridgehead atoms. The molecule has 1 aromatic heterocycles. The number of hydrogen-bond acceptors (Lipinski definition) is 4. The van der Waals surface area contributed by atoms with Crippen molar-refractivity contribution in [3.8, 4) is 0 Å². The van der Waals surface area contributed by atoms with Crippen LogP contribution in [0.3, 0.4) is 0 Å². The molecule has 0 spiro atoms. The fraction of sp³-hybridized carbons (Fsp3) is 0.182. The Hall–Kier alpha value is -1.86. The molecule has 6 nitrogen and oxygen atoms in total. The van der Waals surface area contributed by atoms with E-state index in [4.69, 9.17) is 0 Å². The second kappa shape index (κ2) is 5.19. The van der Waals surface area contributed by atoms with Gasteiger partial charge in [-0.15, -0.1) is 0 Å². The quantitative estimate of drug-likeness (QED) is 0.751. The van der Waals surface area contributed by atoms with Crippen LogP contribution in [-0.2, 0) is 16.6 Å². The maximum absolute atomic E-state index is 11.9. The topological polar surface area (TPSA) is 86.9 Å². The molecule has 1 heterocycles. The highest BCUT2D eigenvalue weighted by Gasteiger charge is 2.15. The molecule has 0 amide bonds. The Morgan fingerprint density at radius 2 is 2.22 bits per heavy atom. The number of nitrogens with zero attached hydrogens (tertiary/aromatic N) is 1. The zero-order chi connectivity index (χ0) is 13.0. The normalized spacial score (nSPS) is 11.4. The van der Waals surface area contributed by atoms with Crippen LogP contribution in [0.5, 0.6) is 0 Å². The van der Waals surface area contributed by atoms with Gasteiger partial charge >= 0.3 is 0 Å². The van der Waals surface area contributed by atoms with Crippen LogP contribution >= 0.6 is 0 Å². The Morgan fingerprint density at radius 1 is 1.39 bits per heavy atom. The maximum atomic E-state index is 11.9. The first-order valence-corrected chi connectivity index (χ1v) is 6.85. The highest BCUT2D eigenvalue weighted by atomic mass is 32.2. The van der Waals surface area contributed by atoms with E-state index in [1.165, 1.54) is 12.4 Å². The molecule has 2 rings (SSSR count). The molecule has 2 aromatic rings. The van der Waals surface area contributed by atoms with Gasteiger partial charge in [-0.3, -0.25) is 9.82 Å². The number of aromatic nitrogens is 2. The number of hydrogen-bond donors (Lipinski definition) is 3. The van der Waals surface area contributed by atoms with Crippen LogP contribution in [0.2, 0.25) is 0 Å². The van der Waals surface area contributed by atoms with Crippen molar-refractivity contribution in [3.63, 3.8) is 0 Å². The van der Waals surface area contributed by atoms with E-state index in [-0.39, 0.29) is 4.90 Å². The minimum absolute atomic E-state index is 0.113. The summed E-state index contributed by atoms with van der Waals surface area (Å²) in [5, 5.41) is 9.11. The van der Waals surface area contributed by atoms with Crippen LogP contribution in [0.25, 0.3) is 0 Å². The van der Waals surface area contributed by atoms with Crippen LogP contribution in [-0.4, -0.2) is 25.7 Å². The molecule has 1 aromatic carbocycles. The van der Waals surface area contributed by atoms with E-state index >= 15 is 0 Å². The van der Waals surface area contributed by atoms with Gasteiger partial charge in [0.15, 0.2) is 0 Å². The fourth-order valence-corrected chi connectivity index (χ4v) is 2.50. The zero-order valence-corrected chi connectivity index (χ0v) is 10.7. The smallest absolute Gasteiger partial charge is 0.265 e. The van der Waals surface area contributed by atoms with E-state index < -0.39 is 10.0 Å². The molecule has 0 aliphatic carbocycles. The number of sulfonamides is 1. The molecule has 0 saturated carbocycles. The van der Waals surface area contributed by atoms with Crippen molar-refractivity contribution >= 4 is 15.7 Å². The van der Waals surface area contributed by atoms with Crippen LogP contribution in [0.4, 0.5) is 5.69 Å². The van der Waals surface area contributed by atoms with Crippen molar-refractivity contribution in [2.45, 2.75) is 11.4 Å². The third kappa shape index (κ3) is 2.88. The summed E-state index contributed by atoms with van der Waals surface area (Å²) in [4.78, 5) is 0.113. The van der Waals surface area contributed by atoms with E-state index in [0.717, 1.165) is 5.56 Å². The molecule has 0 aliphatic rings. The average molecular weight is 266 g/mol. The first-order chi connectivity index (χ1) is 8.62. The molecule has 0 aliphatic heterocycles. The summed E-state index contributed by atoms with van der Waals surface area (Å²) < 4.78 is 26.4. The van der Waals surface area contributed by atoms with Crippen LogP contribution in [0, 0.1) is 0 Å². The monoisotopic (exact) mass is 266 g/mol. The first-order valence-electron chi connectivity index (χ1n) is 5.37. The Kier molecular flexibility index (Phi) is 3.63. The Morgan fingerprint density at radius 3 is 2.89 bits per heavy atom. The number of aromatic amines is 1. The minimum atomic E-state index is -3.57. The molecule has 18 heavy (non-hydrogen) atoms. The van der Waals surface area contributed by atoms with Crippen LogP contribution in [0.1, 0.15) is 5.56 Å². The van der Waals surface area contributed by atoms with Gasteiger partial charge < -0.3 is 5.32 Å². The molecule has 0 radical (unpaired) electrons. The van der Waals surface area contributed by atoms with Crippen molar-refractivity contribution in [2.24, 2.45) is 0 Å². The Labute approximate surface area is 105 Å². The van der Waals surface area contributed by atoms with Crippen LogP contribution < -0.4 is 10.0 Å². The minimum Gasteiger partial charge on any atom is -0.316 e. The van der Waals surface area contributed by atoms with Crippen LogP contribution in [0.15, 0.2) is 41.6 Å². The summed E-state index contributed by atoms with van der Waals surface area (Å²) in [6, 6.07) is 7.22. The van der Waals surface area contributed by atoms with Gasteiger partial charge in [0, 0.05) is 18.4 Å². The number of benzene rings is 1. The Balaban J connectivity index is 2.21. The summed E-state index contributed by atoms with van der Waals surface area (Å²) in [5.41, 5.74) is 1.54. The number of anilines is 1. The number of H-pyrrole nitrogens is 1. The predicted octanol–water partition coefficient (Wildman–Crippen LogP) is 0.930. The average Bonchev–Trinajstić information content (AvgIpc) is 2.83. The van der Waals surface area contributed by atoms with Crippen molar-refractivity contribution in [1.82, 2.24) is 15.5 Å². The second-order valence-electron chi connectivity index (χ2n) is 3.77. The molecule has 96 valence electrons. The van der Waals surface area contributed by atoms with E-state index in [1.54, 1.807) is 18.2 Å². The largest absolute Gasteiger partial charge is 0.316 e. The first kappa shape index (κ1) is 12.6. The number of rotatable bonds is 5. The lowest BCUT2D eigenvalue weighted by molar-refractivity contribution is 0.601. The van der Waals surface area contributed by atoms with Crippen molar-refractivity contribution in [2.75, 3.05) is 11.8 Å². The summed E-state index contributed by atoms with van der Waals surface area (Å²) >= 11 is 0. The molecule has 0 unspecified atom stereocenters. The zero-order valence-electron chi connectivity index (χ0n) is 9.84. The van der Waals surface area contributed by atoms with Gasteiger partial charge in [0.25, 0.3) is 10.0 Å². The van der Waals surface area contributed by atoms with Gasteiger partial charge in [-0.05, 0) is 24.7 Å². The highest BCUT2D eigenvalue weighted by Crippen LogP contribution is 2.16. The second-order valence-corrected chi connectivity index (χ2v) is 5.45. The molecule has 0 saturated heterocycles. The molecule has 3 N–H and O–H groups in total. The maximum Gasteiger partial charge on any atom is 0.265 e. The van der Waals surface area contributed by atoms with E-state index in [2.05, 4.69) is 20.2 Å². The van der Waals surface area contributed by atoms with Gasteiger partial charge in [-0.25, -0.2) is 8.42 Å². The molecular weight excluding hydrogens is 252 g/mol. The predicted molar refractivity (Wildman–Crippen MR) is 68.6 cm³/mol. The lowest BCUT2D eigenvalue weighted by Crippen LogP contribution is -2.13. The summed E-state index contributed by atoms with van der Waals surface area (Å²) in [7, 11) is -1.73. The Bertz CT molecular complexity index is 608. The lowest BCUT2D eigenvalue weighted by Gasteiger charge is -2.07. The molecule has 0 fully saturated rings. The van der Waals surface area contributed by atoms with E-state index in [1.807, 2.05) is 13.1 Å². The SMILES string of the molecule is CNCc1cccc(NS(=O)(=O)c2cn[nH]c2)c1. The summed E-state index contributed by atoms with van der Waals surface area (Å²) in [5.74, 6) is 0. The van der Waals surface area contributed by atoms with E-state index in [9.17, 15) is 8.42 Å². The lowest BCUT2D eigenvalue weighted by atomic mass is 10.2. The summed E-state index contributed by atoms with van der Waals surface area (Å²) in [6.07, 6.45) is 2.60. The van der Waals surface area contributed by atoms with Gasteiger partial charge in [0.2, 0.25) is 0 Å². The van der Waals surface area contributed by atoms with E-state index in [0.29, 0.717) is 12.2 Å². The van der Waals surface area contributed by atoms with Crippen molar-refractivity contribution in [3.05, 3.63) is 42.2 Å². The van der Waals surface area contributed by atoms with Gasteiger partial charge in [0.1, 0.15) is 4.90 Å². The molecule has 7 heteroatoms. The van der Waals surface area contributed by atoms with Gasteiger partial charge in [0.05, 0.1) is 6.20 Å². The summed E-state index contributed by atoms with van der Waals surface area (Å²) in [6.45, 7) is 0.682. The third-order valence-electron chi connectivity index (χ3n) is 2.34. The highest BCUT2D eigenvalue weighted by molar-refractivity contribution is 7.92. The van der Waals surface area contributed by atoms with Gasteiger partial charge in [-0.2, -0.15) is 5.10 Å².